The van der Waals surface area contributed by atoms with Crippen molar-refractivity contribution < 1.29 is 4.74 Å². The van der Waals surface area contributed by atoms with Gasteiger partial charge in [-0.2, -0.15) is 5.10 Å². The number of nitrogens with one attached hydrogen (secondary N) is 1. The first-order chi connectivity index (χ1) is 8.15. The topological polar surface area (TPSA) is 39.1 Å². The van der Waals surface area contributed by atoms with Crippen molar-refractivity contribution >= 4 is 0 Å². The molecule has 0 spiro atoms. The first-order valence-corrected chi connectivity index (χ1v) is 6.37. The lowest BCUT2D eigenvalue weighted by Gasteiger charge is -2.12. The van der Waals surface area contributed by atoms with Gasteiger partial charge < -0.3 is 10.1 Å². The molecule has 4 nitrogen and oxygen atoms in total. The van der Waals surface area contributed by atoms with Gasteiger partial charge in [-0.1, -0.05) is 0 Å². The highest BCUT2D eigenvalue weighted by Gasteiger charge is 2.10. The van der Waals surface area contributed by atoms with Gasteiger partial charge in [0.25, 0.3) is 0 Å². The largest absolute Gasteiger partial charge is 0.385 e. The van der Waals surface area contributed by atoms with Crippen LogP contribution in [-0.2, 0) is 11.8 Å². The Bertz CT molecular complexity index is 322. The average molecular weight is 239 g/mol. The van der Waals surface area contributed by atoms with Gasteiger partial charge in [-0.3, -0.25) is 4.68 Å². The SMILES string of the molecule is COCCCCCNC(C)c1cn(C)nc1C. The molecule has 98 valence electrons. The first-order valence-electron chi connectivity index (χ1n) is 6.37. The molecular formula is C13H25N3O. The fraction of sp³-hybridized carbons (Fsp3) is 0.769. The molecule has 1 aromatic rings. The summed E-state index contributed by atoms with van der Waals surface area (Å²) in [6.45, 7) is 6.18. The molecule has 4 heteroatoms. The van der Waals surface area contributed by atoms with Crippen LogP contribution in [0.25, 0.3) is 0 Å². The summed E-state index contributed by atoms with van der Waals surface area (Å²) >= 11 is 0. The van der Waals surface area contributed by atoms with Gasteiger partial charge >= 0.3 is 0 Å². The third kappa shape index (κ3) is 4.88. The minimum Gasteiger partial charge on any atom is -0.385 e. The summed E-state index contributed by atoms with van der Waals surface area (Å²) in [5, 5.41) is 7.90. The molecule has 1 N–H and O–H groups in total. The van der Waals surface area contributed by atoms with Crippen molar-refractivity contribution in [1.29, 1.82) is 0 Å². The molecule has 17 heavy (non-hydrogen) atoms. The number of unbranched alkanes of at least 4 members (excludes halogenated alkanes) is 2. The van der Waals surface area contributed by atoms with Gasteiger partial charge in [0.2, 0.25) is 0 Å². The normalized spacial score (nSPS) is 12.9. The van der Waals surface area contributed by atoms with Gasteiger partial charge in [0.05, 0.1) is 5.69 Å². The molecular weight excluding hydrogens is 214 g/mol. The molecule has 0 radical (unpaired) electrons. The van der Waals surface area contributed by atoms with Crippen LogP contribution in [0, 0.1) is 6.92 Å². The van der Waals surface area contributed by atoms with Crippen LogP contribution < -0.4 is 5.32 Å². The molecule has 1 heterocycles. The molecule has 1 aromatic heterocycles. The van der Waals surface area contributed by atoms with E-state index < -0.39 is 0 Å². The van der Waals surface area contributed by atoms with Crippen LogP contribution in [-0.4, -0.2) is 30.0 Å². The van der Waals surface area contributed by atoms with Crippen LogP contribution in [0.5, 0.6) is 0 Å². The molecule has 1 rings (SSSR count). The molecule has 0 saturated heterocycles. The maximum Gasteiger partial charge on any atom is 0.0641 e. The van der Waals surface area contributed by atoms with E-state index in [4.69, 9.17) is 4.74 Å². The Labute approximate surface area is 104 Å². The number of nitrogens with zero attached hydrogens (tertiary/aromatic N) is 2. The monoisotopic (exact) mass is 239 g/mol. The van der Waals surface area contributed by atoms with Crippen LogP contribution in [0.3, 0.4) is 0 Å². The van der Waals surface area contributed by atoms with E-state index in [0.29, 0.717) is 6.04 Å². The minimum atomic E-state index is 0.381. The van der Waals surface area contributed by atoms with E-state index in [1.54, 1.807) is 7.11 Å². The van der Waals surface area contributed by atoms with Gasteiger partial charge in [0.1, 0.15) is 0 Å². The minimum absolute atomic E-state index is 0.381. The molecule has 1 atom stereocenters. The highest BCUT2D eigenvalue weighted by atomic mass is 16.5. The molecule has 0 aliphatic heterocycles. The highest BCUT2D eigenvalue weighted by molar-refractivity contribution is 5.19. The van der Waals surface area contributed by atoms with Crippen molar-refractivity contribution in [2.75, 3.05) is 20.3 Å². The van der Waals surface area contributed by atoms with E-state index in [1.165, 1.54) is 18.4 Å². The molecule has 0 aliphatic carbocycles. The zero-order valence-electron chi connectivity index (χ0n) is 11.5. The lowest BCUT2D eigenvalue weighted by atomic mass is 10.1. The van der Waals surface area contributed by atoms with Crippen LogP contribution in [0.4, 0.5) is 0 Å². The van der Waals surface area contributed by atoms with E-state index in [-0.39, 0.29) is 0 Å². The number of aryl methyl sites for hydroxylation is 2. The van der Waals surface area contributed by atoms with Gasteiger partial charge in [-0.15, -0.1) is 0 Å². The molecule has 0 fully saturated rings. The molecule has 0 amide bonds. The second kappa shape index (κ2) is 7.45. The van der Waals surface area contributed by atoms with E-state index in [1.807, 2.05) is 11.7 Å². The zero-order chi connectivity index (χ0) is 12.7. The Hall–Kier alpha value is -0.870. The number of rotatable bonds is 8. The smallest absolute Gasteiger partial charge is 0.0641 e. The third-order valence-corrected chi connectivity index (χ3v) is 2.99. The first kappa shape index (κ1) is 14.2. The second-order valence-corrected chi connectivity index (χ2v) is 4.57. The summed E-state index contributed by atoms with van der Waals surface area (Å²) in [5.41, 5.74) is 2.41. The van der Waals surface area contributed by atoms with Crippen molar-refractivity contribution in [3.63, 3.8) is 0 Å². The number of ether oxygens (including phenoxy) is 1. The quantitative estimate of drug-likeness (QED) is 0.707. The van der Waals surface area contributed by atoms with E-state index in [2.05, 4.69) is 30.5 Å². The van der Waals surface area contributed by atoms with Crippen LogP contribution in [0.2, 0.25) is 0 Å². The summed E-state index contributed by atoms with van der Waals surface area (Å²) < 4.78 is 6.90. The summed E-state index contributed by atoms with van der Waals surface area (Å²) in [4.78, 5) is 0. The van der Waals surface area contributed by atoms with Crippen LogP contribution in [0.15, 0.2) is 6.20 Å². The maximum absolute atomic E-state index is 5.03. The van der Waals surface area contributed by atoms with E-state index >= 15 is 0 Å². The Morgan fingerprint density at radius 3 is 2.76 bits per heavy atom. The van der Waals surface area contributed by atoms with Gasteiger partial charge in [-0.05, 0) is 39.7 Å². The summed E-state index contributed by atoms with van der Waals surface area (Å²) in [6, 6.07) is 0.381. The van der Waals surface area contributed by atoms with Crippen molar-refractivity contribution in [2.45, 2.75) is 39.2 Å². The molecule has 0 aromatic carbocycles. The van der Waals surface area contributed by atoms with Crippen LogP contribution in [0.1, 0.15) is 43.5 Å². The lowest BCUT2D eigenvalue weighted by molar-refractivity contribution is 0.192. The molecule has 0 aliphatic rings. The van der Waals surface area contributed by atoms with Crippen molar-refractivity contribution in [3.05, 3.63) is 17.5 Å². The summed E-state index contributed by atoms with van der Waals surface area (Å²) in [5.74, 6) is 0. The van der Waals surface area contributed by atoms with E-state index in [0.717, 1.165) is 25.3 Å². The fourth-order valence-corrected chi connectivity index (χ4v) is 2.02. The Balaban J connectivity index is 2.21. The van der Waals surface area contributed by atoms with Crippen LogP contribution >= 0.6 is 0 Å². The third-order valence-electron chi connectivity index (χ3n) is 2.99. The molecule has 0 bridgehead atoms. The standard InChI is InChI=1S/C13H25N3O/c1-11(13-10-16(3)15-12(13)2)14-8-6-5-7-9-17-4/h10-11,14H,5-9H2,1-4H3. The fourth-order valence-electron chi connectivity index (χ4n) is 2.02. The Kier molecular flexibility index (Phi) is 6.22. The van der Waals surface area contributed by atoms with Crippen molar-refractivity contribution in [3.8, 4) is 0 Å². The summed E-state index contributed by atoms with van der Waals surface area (Å²) in [6.07, 6.45) is 5.67. The van der Waals surface area contributed by atoms with Crippen molar-refractivity contribution in [1.82, 2.24) is 15.1 Å². The summed E-state index contributed by atoms with van der Waals surface area (Å²) in [7, 11) is 3.72. The zero-order valence-corrected chi connectivity index (χ0v) is 11.5. The van der Waals surface area contributed by atoms with E-state index in [9.17, 15) is 0 Å². The number of hydrogen-bond donors (Lipinski definition) is 1. The maximum atomic E-state index is 5.03. The average Bonchev–Trinajstić information content (AvgIpc) is 2.62. The Morgan fingerprint density at radius 2 is 2.18 bits per heavy atom. The molecule has 1 unspecified atom stereocenters. The number of hydrogen-bond acceptors (Lipinski definition) is 3. The lowest BCUT2D eigenvalue weighted by Crippen LogP contribution is -2.20. The highest BCUT2D eigenvalue weighted by Crippen LogP contribution is 2.15. The number of methoxy groups -OCH3 is 1. The van der Waals surface area contributed by atoms with Gasteiger partial charge in [0, 0.05) is 38.6 Å². The number of aromatic nitrogens is 2. The van der Waals surface area contributed by atoms with Gasteiger partial charge in [-0.25, -0.2) is 0 Å². The Morgan fingerprint density at radius 1 is 1.41 bits per heavy atom. The van der Waals surface area contributed by atoms with Crippen molar-refractivity contribution in [2.24, 2.45) is 7.05 Å². The van der Waals surface area contributed by atoms with Gasteiger partial charge in [0.15, 0.2) is 0 Å². The predicted molar refractivity (Wildman–Crippen MR) is 70.1 cm³/mol. The molecule has 0 saturated carbocycles. The second-order valence-electron chi connectivity index (χ2n) is 4.57. The predicted octanol–water partition coefficient (Wildman–Crippen LogP) is 2.20.